The molecular formula is C12H15N3OS2. The van der Waals surface area contributed by atoms with E-state index in [4.69, 9.17) is 12.2 Å². The Bertz CT molecular complexity index is 453. The van der Waals surface area contributed by atoms with Crippen LogP contribution in [0.15, 0.2) is 10.6 Å². The Morgan fingerprint density at radius 2 is 2.22 bits per heavy atom. The van der Waals surface area contributed by atoms with Crippen LogP contribution < -0.4 is 10.6 Å². The summed E-state index contributed by atoms with van der Waals surface area (Å²) in [6, 6.07) is 2.30. The SMILES string of the molecule is CC(=O)NC(=S)NC1=C(C#N)C2CCCCC2S1. The molecule has 1 saturated carbocycles. The number of nitrogens with one attached hydrogen (secondary N) is 2. The molecule has 1 heterocycles. The lowest BCUT2D eigenvalue weighted by molar-refractivity contribution is -0.117. The molecule has 18 heavy (non-hydrogen) atoms. The monoisotopic (exact) mass is 281 g/mol. The summed E-state index contributed by atoms with van der Waals surface area (Å²) < 4.78 is 0. The summed E-state index contributed by atoms with van der Waals surface area (Å²) in [4.78, 5) is 10.9. The van der Waals surface area contributed by atoms with Gasteiger partial charge < -0.3 is 10.6 Å². The summed E-state index contributed by atoms with van der Waals surface area (Å²) in [6.07, 6.45) is 4.66. The van der Waals surface area contributed by atoms with Crippen molar-refractivity contribution in [3.63, 3.8) is 0 Å². The topological polar surface area (TPSA) is 64.9 Å². The predicted molar refractivity (Wildman–Crippen MR) is 75.5 cm³/mol. The highest BCUT2D eigenvalue weighted by atomic mass is 32.2. The Morgan fingerprint density at radius 1 is 1.50 bits per heavy atom. The van der Waals surface area contributed by atoms with Crippen molar-refractivity contribution in [2.75, 3.05) is 0 Å². The van der Waals surface area contributed by atoms with Gasteiger partial charge in [-0.1, -0.05) is 12.8 Å². The first-order valence-electron chi connectivity index (χ1n) is 6.01. The number of rotatable bonds is 1. The highest BCUT2D eigenvalue weighted by Gasteiger charge is 2.37. The van der Waals surface area contributed by atoms with Crippen molar-refractivity contribution in [1.82, 2.24) is 10.6 Å². The number of hydrogen-bond acceptors (Lipinski definition) is 4. The summed E-state index contributed by atoms with van der Waals surface area (Å²) in [5.41, 5.74) is 0.803. The molecule has 2 N–H and O–H groups in total. The van der Waals surface area contributed by atoms with Crippen LogP contribution >= 0.6 is 24.0 Å². The van der Waals surface area contributed by atoms with E-state index in [0.29, 0.717) is 11.2 Å². The summed E-state index contributed by atoms with van der Waals surface area (Å²) in [5.74, 6) is 0.156. The molecule has 96 valence electrons. The van der Waals surface area contributed by atoms with Crippen molar-refractivity contribution in [2.24, 2.45) is 5.92 Å². The Morgan fingerprint density at radius 3 is 2.89 bits per heavy atom. The van der Waals surface area contributed by atoms with Crippen LogP contribution in [0.2, 0.25) is 0 Å². The lowest BCUT2D eigenvalue weighted by Gasteiger charge is -2.24. The molecule has 2 rings (SSSR count). The zero-order valence-electron chi connectivity index (χ0n) is 10.2. The van der Waals surface area contributed by atoms with Crippen LogP contribution in [0.3, 0.4) is 0 Å². The number of allylic oxidation sites excluding steroid dienone is 1. The van der Waals surface area contributed by atoms with Crippen LogP contribution in [-0.4, -0.2) is 16.3 Å². The third kappa shape index (κ3) is 2.85. The van der Waals surface area contributed by atoms with Gasteiger partial charge in [0.1, 0.15) is 0 Å². The summed E-state index contributed by atoms with van der Waals surface area (Å²) in [7, 11) is 0. The maximum atomic E-state index is 10.9. The molecule has 0 saturated heterocycles. The fourth-order valence-electron chi connectivity index (χ4n) is 2.48. The van der Waals surface area contributed by atoms with E-state index in [1.807, 2.05) is 0 Å². The Hall–Kier alpha value is -1.06. The maximum Gasteiger partial charge on any atom is 0.222 e. The second kappa shape index (κ2) is 5.72. The smallest absolute Gasteiger partial charge is 0.222 e. The molecule has 2 atom stereocenters. The fraction of sp³-hybridized carbons (Fsp3) is 0.583. The number of thiocarbonyl (C=S) groups is 1. The van der Waals surface area contributed by atoms with Crippen LogP contribution in [0, 0.1) is 17.2 Å². The lowest BCUT2D eigenvalue weighted by Crippen LogP contribution is -2.37. The van der Waals surface area contributed by atoms with E-state index in [9.17, 15) is 10.1 Å². The van der Waals surface area contributed by atoms with Crippen LogP contribution in [0.25, 0.3) is 0 Å². The molecule has 4 nitrogen and oxygen atoms in total. The van der Waals surface area contributed by atoms with Crippen molar-refractivity contribution in [3.05, 3.63) is 10.6 Å². The maximum absolute atomic E-state index is 10.9. The van der Waals surface area contributed by atoms with Gasteiger partial charge in [0.05, 0.1) is 16.7 Å². The van der Waals surface area contributed by atoms with E-state index in [0.717, 1.165) is 23.4 Å². The highest BCUT2D eigenvalue weighted by molar-refractivity contribution is 8.04. The molecule has 0 aromatic carbocycles. The Balaban J connectivity index is 2.08. The van der Waals surface area contributed by atoms with Crippen LogP contribution in [0.1, 0.15) is 32.6 Å². The molecule has 6 heteroatoms. The van der Waals surface area contributed by atoms with Crippen LogP contribution in [-0.2, 0) is 4.79 Å². The van der Waals surface area contributed by atoms with Crippen molar-refractivity contribution in [3.8, 4) is 6.07 Å². The standard InChI is InChI=1S/C12H15N3OS2/c1-7(16)14-12(17)15-11-9(6-13)8-4-2-3-5-10(8)18-11/h8,10H,2-5H2,1H3,(H2,14,15,16,17). The number of thioether (sulfide) groups is 1. The number of nitriles is 1. The van der Waals surface area contributed by atoms with Gasteiger partial charge in [-0.3, -0.25) is 4.79 Å². The summed E-state index contributed by atoms with van der Waals surface area (Å²) in [5, 5.41) is 16.4. The molecule has 1 amide bonds. The minimum Gasteiger partial charge on any atom is -0.326 e. The van der Waals surface area contributed by atoms with E-state index < -0.39 is 0 Å². The van der Waals surface area contributed by atoms with Crippen LogP contribution in [0.5, 0.6) is 0 Å². The highest BCUT2D eigenvalue weighted by Crippen LogP contribution is 2.47. The number of carbonyl (C=O) groups is 1. The van der Waals surface area contributed by atoms with Gasteiger partial charge in [0.25, 0.3) is 0 Å². The third-order valence-electron chi connectivity index (χ3n) is 3.22. The van der Waals surface area contributed by atoms with Gasteiger partial charge in [-0.15, -0.1) is 11.8 Å². The van der Waals surface area contributed by atoms with E-state index in [1.165, 1.54) is 19.8 Å². The second-order valence-electron chi connectivity index (χ2n) is 4.54. The molecule has 1 aliphatic carbocycles. The van der Waals surface area contributed by atoms with E-state index in [-0.39, 0.29) is 11.0 Å². The van der Waals surface area contributed by atoms with Gasteiger partial charge in [-0.2, -0.15) is 5.26 Å². The van der Waals surface area contributed by atoms with Crippen LogP contribution in [0.4, 0.5) is 0 Å². The minimum absolute atomic E-state index is 0.202. The van der Waals surface area contributed by atoms with Gasteiger partial charge in [-0.25, -0.2) is 0 Å². The molecule has 1 fully saturated rings. The summed E-state index contributed by atoms with van der Waals surface area (Å²) >= 11 is 6.72. The van der Waals surface area contributed by atoms with Gasteiger partial charge in [-0.05, 0) is 25.1 Å². The van der Waals surface area contributed by atoms with Gasteiger partial charge in [0, 0.05) is 18.1 Å². The molecule has 0 bridgehead atoms. The van der Waals surface area contributed by atoms with E-state index in [1.54, 1.807) is 11.8 Å². The first-order valence-corrected chi connectivity index (χ1v) is 7.30. The molecular weight excluding hydrogens is 266 g/mol. The number of hydrogen-bond donors (Lipinski definition) is 2. The first-order chi connectivity index (χ1) is 8.61. The quantitative estimate of drug-likeness (QED) is 0.720. The number of amides is 1. The van der Waals surface area contributed by atoms with E-state index >= 15 is 0 Å². The van der Waals surface area contributed by atoms with Crippen molar-refractivity contribution in [1.29, 1.82) is 5.26 Å². The zero-order valence-corrected chi connectivity index (χ0v) is 11.8. The second-order valence-corrected chi connectivity index (χ2v) is 6.19. The molecule has 0 aromatic rings. The number of nitrogens with zero attached hydrogens (tertiary/aromatic N) is 1. The van der Waals surface area contributed by atoms with Crippen molar-refractivity contribution < 1.29 is 4.79 Å². The van der Waals surface area contributed by atoms with Crippen molar-refractivity contribution in [2.45, 2.75) is 37.9 Å². The van der Waals surface area contributed by atoms with E-state index in [2.05, 4.69) is 16.7 Å². The molecule has 0 spiro atoms. The predicted octanol–water partition coefficient (Wildman–Crippen LogP) is 2.04. The molecule has 0 aromatic heterocycles. The largest absolute Gasteiger partial charge is 0.326 e. The molecule has 1 aliphatic heterocycles. The number of carbonyl (C=O) groups excluding carboxylic acids is 1. The zero-order chi connectivity index (χ0) is 13.1. The Labute approximate surface area is 116 Å². The molecule has 2 unspecified atom stereocenters. The Kier molecular flexibility index (Phi) is 4.25. The number of fused-ring (bicyclic) bond motifs is 1. The summed E-state index contributed by atoms with van der Waals surface area (Å²) in [6.45, 7) is 1.41. The minimum atomic E-state index is -0.202. The lowest BCUT2D eigenvalue weighted by atomic mass is 9.84. The average Bonchev–Trinajstić information content (AvgIpc) is 2.64. The molecule has 2 aliphatic rings. The average molecular weight is 281 g/mol. The molecule has 0 radical (unpaired) electrons. The van der Waals surface area contributed by atoms with Gasteiger partial charge in [0.15, 0.2) is 5.11 Å². The van der Waals surface area contributed by atoms with Gasteiger partial charge in [0.2, 0.25) is 5.91 Å². The normalized spacial score (nSPS) is 26.2. The van der Waals surface area contributed by atoms with Gasteiger partial charge >= 0.3 is 0 Å². The van der Waals surface area contributed by atoms with Crippen molar-refractivity contribution >= 4 is 35.0 Å². The first kappa shape index (κ1) is 13.4. The fourth-order valence-corrected chi connectivity index (χ4v) is 4.30. The third-order valence-corrected chi connectivity index (χ3v) is 4.85.